The third-order valence-electron chi connectivity index (χ3n) is 4.27. The molecule has 0 amide bonds. The average Bonchev–Trinajstić information content (AvgIpc) is 2.88. The van der Waals surface area contributed by atoms with E-state index in [0.29, 0.717) is 10.8 Å². The van der Waals surface area contributed by atoms with Gasteiger partial charge in [0, 0.05) is 43.8 Å². The Morgan fingerprint density at radius 1 is 1.21 bits per heavy atom. The van der Waals surface area contributed by atoms with Crippen LogP contribution in [0.25, 0.3) is 0 Å². The summed E-state index contributed by atoms with van der Waals surface area (Å²) in [4.78, 5) is 8.97. The fourth-order valence-electron chi connectivity index (χ4n) is 2.98. The lowest BCUT2D eigenvalue weighted by molar-refractivity contribution is -0.274. The third-order valence-corrected chi connectivity index (χ3v) is 5.45. The molecule has 152 valence electrons. The van der Waals surface area contributed by atoms with E-state index in [1.54, 1.807) is 11.3 Å². The van der Waals surface area contributed by atoms with Crippen molar-refractivity contribution < 1.29 is 17.9 Å². The molecule has 0 spiro atoms. The van der Waals surface area contributed by atoms with E-state index in [2.05, 4.69) is 30.2 Å². The monoisotopic (exact) mass is 430 g/mol. The first-order valence-corrected chi connectivity index (χ1v) is 10.1. The van der Waals surface area contributed by atoms with Crippen molar-refractivity contribution in [3.63, 3.8) is 0 Å². The lowest BCUT2D eigenvalue weighted by Gasteiger charge is -2.24. The number of alkyl halides is 3. The summed E-state index contributed by atoms with van der Waals surface area (Å²) in [5.41, 5.74) is 1.72. The lowest BCUT2D eigenvalue weighted by Crippen LogP contribution is -2.37. The Morgan fingerprint density at radius 3 is 2.61 bits per heavy atom. The van der Waals surface area contributed by atoms with Crippen LogP contribution in [-0.2, 0) is 6.54 Å². The summed E-state index contributed by atoms with van der Waals surface area (Å²) in [6.07, 6.45) is -3.72. The number of thiazole rings is 1. The number of hydrogen-bond acceptors (Lipinski definition) is 5. The molecule has 2 heterocycles. The van der Waals surface area contributed by atoms with E-state index in [9.17, 15) is 13.2 Å². The van der Waals surface area contributed by atoms with Gasteiger partial charge in [0.2, 0.25) is 0 Å². The van der Waals surface area contributed by atoms with Crippen molar-refractivity contribution >= 4 is 34.4 Å². The molecular weight excluding hydrogens is 409 g/mol. The van der Waals surface area contributed by atoms with Crippen LogP contribution in [0.3, 0.4) is 0 Å². The predicted molar refractivity (Wildman–Crippen MR) is 108 cm³/mol. The van der Waals surface area contributed by atoms with Crippen molar-refractivity contribution in [3.8, 4) is 5.75 Å². The first-order chi connectivity index (χ1) is 13.3. The maximum absolute atomic E-state index is 12.2. The predicted octanol–water partition coefficient (Wildman–Crippen LogP) is 4.25. The van der Waals surface area contributed by atoms with Crippen LogP contribution in [-0.4, -0.2) is 52.4 Å². The van der Waals surface area contributed by atoms with Crippen molar-refractivity contribution in [1.29, 1.82) is 0 Å². The summed E-state index contributed by atoms with van der Waals surface area (Å²) in [6, 6.07) is 5.56. The first-order valence-electron chi connectivity index (χ1n) is 8.83. The molecule has 3 rings (SSSR count). The van der Waals surface area contributed by atoms with Crippen molar-refractivity contribution in [2.45, 2.75) is 26.3 Å². The van der Waals surface area contributed by atoms with Gasteiger partial charge in [-0.1, -0.05) is 0 Å². The number of nitrogens with zero attached hydrogens (tertiary/aromatic N) is 3. The Bertz CT molecular complexity index is 795. The van der Waals surface area contributed by atoms with Gasteiger partial charge in [-0.25, -0.2) is 4.98 Å². The number of benzene rings is 1. The Balaban J connectivity index is 1.50. The zero-order valence-electron chi connectivity index (χ0n) is 15.3. The molecule has 1 aromatic carbocycles. The van der Waals surface area contributed by atoms with E-state index >= 15 is 0 Å². The molecule has 0 atom stereocenters. The number of aryl methyl sites for hydroxylation is 1. The minimum absolute atomic E-state index is 0.258. The highest BCUT2D eigenvalue weighted by molar-refractivity contribution is 7.80. The topological polar surface area (TPSA) is 40.6 Å². The van der Waals surface area contributed by atoms with E-state index < -0.39 is 6.36 Å². The average molecular weight is 431 g/mol. The molecular formula is C18H21F3N4OS2. The second kappa shape index (κ2) is 9.06. The minimum atomic E-state index is -4.70. The molecule has 10 heteroatoms. The molecule has 2 aromatic rings. The smallest absolute Gasteiger partial charge is 0.406 e. The van der Waals surface area contributed by atoms with Gasteiger partial charge in [-0.3, -0.25) is 4.90 Å². The SMILES string of the molecule is Cc1nc(CN2CCCN(C(=S)Nc3ccc(OC(F)(F)F)cc3)CC2)cs1. The Kier molecular flexibility index (Phi) is 6.73. The van der Waals surface area contributed by atoms with Crippen molar-refractivity contribution in [2.75, 3.05) is 31.5 Å². The summed E-state index contributed by atoms with van der Waals surface area (Å²) in [7, 11) is 0. The van der Waals surface area contributed by atoms with Gasteiger partial charge in [-0.05, 0) is 49.8 Å². The number of rotatable bonds is 4. The summed E-state index contributed by atoms with van der Waals surface area (Å²) >= 11 is 7.14. The number of nitrogens with one attached hydrogen (secondary N) is 1. The van der Waals surface area contributed by atoms with Crippen LogP contribution in [0.1, 0.15) is 17.1 Å². The summed E-state index contributed by atoms with van der Waals surface area (Å²) in [6.45, 7) is 6.29. The van der Waals surface area contributed by atoms with Gasteiger partial charge in [0.15, 0.2) is 5.11 Å². The van der Waals surface area contributed by atoms with Crippen molar-refractivity contribution in [2.24, 2.45) is 0 Å². The normalized spacial score (nSPS) is 15.9. The molecule has 0 aliphatic carbocycles. The maximum atomic E-state index is 12.2. The lowest BCUT2D eigenvalue weighted by atomic mass is 10.3. The van der Waals surface area contributed by atoms with Crippen LogP contribution in [0, 0.1) is 6.92 Å². The number of anilines is 1. The van der Waals surface area contributed by atoms with E-state index in [4.69, 9.17) is 12.2 Å². The minimum Gasteiger partial charge on any atom is -0.406 e. The fourth-order valence-corrected chi connectivity index (χ4v) is 3.89. The highest BCUT2D eigenvalue weighted by atomic mass is 32.1. The standard InChI is InChI=1S/C18H21F3N4OS2/c1-13-22-15(12-28-13)11-24-7-2-8-25(10-9-24)17(27)23-14-3-5-16(6-4-14)26-18(19,20)21/h3-6,12H,2,7-11H2,1H3,(H,23,27). The molecule has 28 heavy (non-hydrogen) atoms. The van der Waals surface area contributed by atoms with Crippen LogP contribution in [0.4, 0.5) is 18.9 Å². The molecule has 5 nitrogen and oxygen atoms in total. The van der Waals surface area contributed by atoms with E-state index in [0.717, 1.165) is 49.8 Å². The van der Waals surface area contributed by atoms with Gasteiger partial charge in [0.05, 0.1) is 10.7 Å². The van der Waals surface area contributed by atoms with E-state index in [1.165, 1.54) is 24.3 Å². The molecule has 0 radical (unpaired) electrons. The second-order valence-electron chi connectivity index (χ2n) is 6.48. The summed E-state index contributed by atoms with van der Waals surface area (Å²) in [5, 5.41) is 6.82. The van der Waals surface area contributed by atoms with Gasteiger partial charge in [-0.15, -0.1) is 24.5 Å². The van der Waals surface area contributed by atoms with Crippen molar-refractivity contribution in [3.05, 3.63) is 40.3 Å². The van der Waals surface area contributed by atoms with Crippen LogP contribution >= 0.6 is 23.6 Å². The molecule has 1 N–H and O–H groups in total. The molecule has 0 bridgehead atoms. The zero-order chi connectivity index (χ0) is 20.1. The van der Waals surface area contributed by atoms with Gasteiger partial charge in [0.25, 0.3) is 0 Å². The van der Waals surface area contributed by atoms with E-state index in [1.807, 2.05) is 6.92 Å². The number of halogens is 3. The number of aromatic nitrogens is 1. The van der Waals surface area contributed by atoms with E-state index in [-0.39, 0.29) is 5.75 Å². The van der Waals surface area contributed by atoms with Crippen LogP contribution < -0.4 is 10.1 Å². The second-order valence-corrected chi connectivity index (χ2v) is 7.93. The van der Waals surface area contributed by atoms with Gasteiger partial charge in [-0.2, -0.15) is 0 Å². The van der Waals surface area contributed by atoms with Gasteiger partial charge in [0.1, 0.15) is 5.75 Å². The summed E-state index contributed by atoms with van der Waals surface area (Å²) in [5.74, 6) is -0.258. The maximum Gasteiger partial charge on any atom is 0.573 e. The van der Waals surface area contributed by atoms with Crippen molar-refractivity contribution in [1.82, 2.24) is 14.8 Å². The molecule has 0 unspecified atom stereocenters. The Hall–Kier alpha value is -1.91. The van der Waals surface area contributed by atoms with Crippen LogP contribution in [0.2, 0.25) is 0 Å². The Morgan fingerprint density at radius 2 is 1.96 bits per heavy atom. The van der Waals surface area contributed by atoms with Crippen LogP contribution in [0.5, 0.6) is 5.75 Å². The zero-order valence-corrected chi connectivity index (χ0v) is 17.0. The fraction of sp³-hybridized carbons (Fsp3) is 0.444. The molecule has 0 saturated carbocycles. The highest BCUT2D eigenvalue weighted by Gasteiger charge is 2.31. The van der Waals surface area contributed by atoms with Gasteiger partial charge < -0.3 is 15.0 Å². The van der Waals surface area contributed by atoms with Crippen LogP contribution in [0.15, 0.2) is 29.6 Å². The number of ether oxygens (including phenoxy) is 1. The quantitative estimate of drug-likeness (QED) is 0.732. The first kappa shape index (κ1) is 20.8. The molecule has 1 aliphatic heterocycles. The molecule has 1 aliphatic rings. The number of thiocarbonyl (C=S) groups is 1. The Labute approximate surface area is 171 Å². The molecule has 1 fully saturated rings. The van der Waals surface area contributed by atoms with Gasteiger partial charge >= 0.3 is 6.36 Å². The molecule has 1 aromatic heterocycles. The third kappa shape index (κ3) is 6.32. The molecule has 1 saturated heterocycles. The summed E-state index contributed by atoms with van der Waals surface area (Å²) < 4.78 is 40.6. The highest BCUT2D eigenvalue weighted by Crippen LogP contribution is 2.24. The largest absolute Gasteiger partial charge is 0.573 e. The number of hydrogen-bond donors (Lipinski definition) is 1.